The fourth-order valence-corrected chi connectivity index (χ4v) is 2.03. The van der Waals surface area contributed by atoms with Gasteiger partial charge in [-0.25, -0.2) is 4.68 Å². The van der Waals surface area contributed by atoms with E-state index < -0.39 is 0 Å². The predicted octanol–water partition coefficient (Wildman–Crippen LogP) is 3.48. The molecule has 0 unspecified atom stereocenters. The molecule has 0 atom stereocenters. The van der Waals surface area contributed by atoms with Crippen LogP contribution in [-0.4, -0.2) is 9.78 Å². The van der Waals surface area contributed by atoms with Crippen LogP contribution >= 0.6 is 0 Å². The molecule has 0 aliphatic carbocycles. The number of benzene rings is 2. The SMILES string of the molecule is c1ccc(CNc2ccccc2-n2cccn2)cc1. The molecule has 1 heterocycles. The van der Waals surface area contributed by atoms with E-state index in [-0.39, 0.29) is 0 Å². The predicted molar refractivity (Wildman–Crippen MR) is 77.3 cm³/mol. The third-order valence-electron chi connectivity index (χ3n) is 2.98. The van der Waals surface area contributed by atoms with Gasteiger partial charge in [0.2, 0.25) is 0 Å². The highest BCUT2D eigenvalue weighted by Gasteiger charge is 2.03. The zero-order valence-corrected chi connectivity index (χ0v) is 10.5. The highest BCUT2D eigenvalue weighted by atomic mass is 15.3. The first-order valence-electron chi connectivity index (χ1n) is 6.30. The van der Waals surface area contributed by atoms with Gasteiger partial charge in [-0.2, -0.15) is 5.10 Å². The van der Waals surface area contributed by atoms with E-state index >= 15 is 0 Å². The Hall–Kier alpha value is -2.55. The zero-order chi connectivity index (χ0) is 12.9. The second-order valence-corrected chi connectivity index (χ2v) is 4.31. The number of para-hydroxylation sites is 2. The van der Waals surface area contributed by atoms with E-state index in [1.54, 1.807) is 6.20 Å². The normalized spacial score (nSPS) is 10.3. The summed E-state index contributed by atoms with van der Waals surface area (Å²) in [4.78, 5) is 0. The van der Waals surface area contributed by atoms with Crippen molar-refractivity contribution in [1.29, 1.82) is 0 Å². The molecule has 0 aliphatic rings. The maximum atomic E-state index is 4.28. The highest BCUT2D eigenvalue weighted by Crippen LogP contribution is 2.19. The molecular formula is C16H15N3. The summed E-state index contributed by atoms with van der Waals surface area (Å²) >= 11 is 0. The van der Waals surface area contributed by atoms with Crippen LogP contribution in [0.3, 0.4) is 0 Å². The topological polar surface area (TPSA) is 29.9 Å². The van der Waals surface area contributed by atoms with Crippen molar-refractivity contribution in [2.45, 2.75) is 6.54 Å². The summed E-state index contributed by atoms with van der Waals surface area (Å²) < 4.78 is 1.87. The number of anilines is 1. The first-order valence-corrected chi connectivity index (χ1v) is 6.30. The van der Waals surface area contributed by atoms with E-state index in [0.29, 0.717) is 0 Å². The monoisotopic (exact) mass is 249 g/mol. The summed E-state index contributed by atoms with van der Waals surface area (Å²) in [5, 5.41) is 7.74. The van der Waals surface area contributed by atoms with E-state index in [4.69, 9.17) is 0 Å². The Morgan fingerprint density at radius 2 is 1.68 bits per heavy atom. The Morgan fingerprint density at radius 3 is 2.47 bits per heavy atom. The van der Waals surface area contributed by atoms with Crippen molar-refractivity contribution >= 4 is 5.69 Å². The number of nitrogens with one attached hydrogen (secondary N) is 1. The van der Waals surface area contributed by atoms with Gasteiger partial charge in [-0.3, -0.25) is 0 Å². The Kier molecular flexibility index (Phi) is 3.28. The maximum absolute atomic E-state index is 4.28. The maximum Gasteiger partial charge on any atom is 0.0876 e. The van der Waals surface area contributed by atoms with Gasteiger partial charge in [-0.1, -0.05) is 42.5 Å². The van der Waals surface area contributed by atoms with E-state index in [1.165, 1.54) is 5.56 Å². The lowest BCUT2D eigenvalue weighted by molar-refractivity contribution is 0.879. The van der Waals surface area contributed by atoms with Crippen LogP contribution < -0.4 is 5.32 Å². The third-order valence-corrected chi connectivity index (χ3v) is 2.98. The van der Waals surface area contributed by atoms with E-state index in [1.807, 2.05) is 35.1 Å². The Morgan fingerprint density at radius 1 is 0.895 bits per heavy atom. The summed E-state index contributed by atoms with van der Waals surface area (Å²) in [6.45, 7) is 0.805. The van der Waals surface area contributed by atoms with Gasteiger partial charge >= 0.3 is 0 Å². The van der Waals surface area contributed by atoms with Crippen molar-refractivity contribution in [2.24, 2.45) is 0 Å². The van der Waals surface area contributed by atoms with Gasteiger partial charge in [0, 0.05) is 18.9 Å². The van der Waals surface area contributed by atoms with E-state index in [0.717, 1.165) is 17.9 Å². The van der Waals surface area contributed by atoms with Crippen LogP contribution in [-0.2, 0) is 6.54 Å². The van der Waals surface area contributed by atoms with Crippen LogP contribution in [0.2, 0.25) is 0 Å². The second-order valence-electron chi connectivity index (χ2n) is 4.31. The van der Waals surface area contributed by atoms with E-state index in [2.05, 4.69) is 46.8 Å². The van der Waals surface area contributed by atoms with Crippen molar-refractivity contribution < 1.29 is 0 Å². The fourth-order valence-electron chi connectivity index (χ4n) is 2.03. The molecule has 0 fully saturated rings. The van der Waals surface area contributed by atoms with Gasteiger partial charge < -0.3 is 5.32 Å². The average Bonchev–Trinajstić information content (AvgIpc) is 3.01. The molecule has 0 spiro atoms. The van der Waals surface area contributed by atoms with Gasteiger partial charge in [0.15, 0.2) is 0 Å². The first-order chi connectivity index (χ1) is 9.43. The summed E-state index contributed by atoms with van der Waals surface area (Å²) in [5.41, 5.74) is 3.40. The number of aromatic nitrogens is 2. The van der Waals surface area contributed by atoms with Gasteiger partial charge in [0.25, 0.3) is 0 Å². The largest absolute Gasteiger partial charge is 0.379 e. The molecule has 2 aromatic carbocycles. The molecule has 0 saturated carbocycles. The van der Waals surface area contributed by atoms with Gasteiger partial charge in [0.05, 0.1) is 11.4 Å². The molecule has 3 heteroatoms. The van der Waals surface area contributed by atoms with E-state index in [9.17, 15) is 0 Å². The molecule has 19 heavy (non-hydrogen) atoms. The molecule has 1 aromatic heterocycles. The lowest BCUT2D eigenvalue weighted by Gasteiger charge is -2.12. The molecule has 0 radical (unpaired) electrons. The average molecular weight is 249 g/mol. The molecule has 0 amide bonds. The van der Waals surface area contributed by atoms with Crippen LogP contribution in [0.5, 0.6) is 0 Å². The molecule has 1 N–H and O–H groups in total. The molecule has 3 aromatic rings. The minimum absolute atomic E-state index is 0.805. The molecule has 94 valence electrons. The fraction of sp³-hybridized carbons (Fsp3) is 0.0625. The molecule has 0 bridgehead atoms. The van der Waals surface area contributed by atoms with Gasteiger partial charge in [-0.15, -0.1) is 0 Å². The smallest absolute Gasteiger partial charge is 0.0876 e. The van der Waals surface area contributed by atoms with Crippen molar-refractivity contribution in [1.82, 2.24) is 9.78 Å². The number of hydrogen-bond donors (Lipinski definition) is 1. The Labute approximate surface area is 112 Å². The Bertz CT molecular complexity index is 630. The van der Waals surface area contributed by atoms with Crippen LogP contribution in [0, 0.1) is 0 Å². The lowest BCUT2D eigenvalue weighted by Crippen LogP contribution is -2.04. The molecule has 3 rings (SSSR count). The molecule has 0 saturated heterocycles. The van der Waals surface area contributed by atoms with Crippen LogP contribution in [0.15, 0.2) is 73.1 Å². The molecular weight excluding hydrogens is 234 g/mol. The van der Waals surface area contributed by atoms with Crippen molar-refractivity contribution in [3.8, 4) is 5.69 Å². The summed E-state index contributed by atoms with van der Waals surface area (Å²) in [6.07, 6.45) is 3.73. The van der Waals surface area contributed by atoms with Crippen LogP contribution in [0.4, 0.5) is 5.69 Å². The third kappa shape index (κ3) is 2.65. The van der Waals surface area contributed by atoms with Gasteiger partial charge in [-0.05, 0) is 23.8 Å². The second kappa shape index (κ2) is 5.40. The minimum atomic E-state index is 0.805. The number of hydrogen-bond acceptors (Lipinski definition) is 2. The lowest BCUT2D eigenvalue weighted by atomic mass is 10.2. The standard InChI is InChI=1S/C16H15N3/c1-2-7-14(8-3-1)13-17-15-9-4-5-10-16(15)19-12-6-11-18-19/h1-12,17H,13H2. The summed E-state index contributed by atoms with van der Waals surface area (Å²) in [7, 11) is 0. The van der Waals surface area contributed by atoms with Crippen molar-refractivity contribution in [2.75, 3.05) is 5.32 Å². The number of rotatable bonds is 4. The zero-order valence-electron chi connectivity index (χ0n) is 10.5. The van der Waals surface area contributed by atoms with Gasteiger partial charge in [0.1, 0.15) is 0 Å². The Balaban J connectivity index is 1.82. The van der Waals surface area contributed by atoms with Crippen molar-refractivity contribution in [3.05, 3.63) is 78.6 Å². The highest BCUT2D eigenvalue weighted by molar-refractivity contribution is 5.60. The number of nitrogens with zero attached hydrogens (tertiary/aromatic N) is 2. The van der Waals surface area contributed by atoms with Crippen molar-refractivity contribution in [3.63, 3.8) is 0 Å². The van der Waals surface area contributed by atoms with Crippen LogP contribution in [0.25, 0.3) is 5.69 Å². The quantitative estimate of drug-likeness (QED) is 0.767. The summed E-state index contributed by atoms with van der Waals surface area (Å²) in [6, 6.07) is 20.5. The first kappa shape index (κ1) is 11.5. The summed E-state index contributed by atoms with van der Waals surface area (Å²) in [5.74, 6) is 0. The molecule has 0 aliphatic heterocycles. The molecule has 3 nitrogen and oxygen atoms in total. The van der Waals surface area contributed by atoms with Crippen LogP contribution in [0.1, 0.15) is 5.56 Å². The minimum Gasteiger partial charge on any atom is -0.379 e.